The molecular formula is C20H18BrN5O5. The molecule has 0 saturated carbocycles. The molecule has 1 amide bonds. The molecule has 0 bridgehead atoms. The van der Waals surface area contributed by atoms with Gasteiger partial charge in [-0.05, 0) is 45.3 Å². The molecule has 1 heterocycles. The van der Waals surface area contributed by atoms with Crippen molar-refractivity contribution in [2.24, 2.45) is 5.10 Å². The van der Waals surface area contributed by atoms with E-state index in [9.17, 15) is 14.9 Å². The number of carbonyl (C=O) groups is 1. The molecule has 1 aromatic heterocycles. The number of nitrogens with zero attached hydrogens (tertiary/aromatic N) is 4. The Labute approximate surface area is 185 Å². The van der Waals surface area contributed by atoms with E-state index < -0.39 is 10.8 Å². The monoisotopic (exact) mass is 487 g/mol. The van der Waals surface area contributed by atoms with Gasteiger partial charge in [-0.15, -0.1) is 0 Å². The number of ether oxygens (including phenoxy) is 2. The number of hydrogen-bond acceptors (Lipinski definition) is 7. The zero-order chi connectivity index (χ0) is 22.4. The third-order valence-electron chi connectivity index (χ3n) is 4.20. The van der Waals surface area contributed by atoms with Crippen molar-refractivity contribution in [2.75, 3.05) is 14.2 Å². The SMILES string of the molecule is COc1cc(C=NNC(=O)c2ccn(Cc3ccc([N+](=O)[O-])cc3)n2)cc(Br)c1OC. The molecule has 0 atom stereocenters. The number of benzene rings is 2. The fraction of sp³-hybridized carbons (Fsp3) is 0.150. The van der Waals surface area contributed by atoms with Crippen molar-refractivity contribution in [3.63, 3.8) is 0 Å². The minimum absolute atomic E-state index is 0.0173. The lowest BCUT2D eigenvalue weighted by atomic mass is 10.2. The minimum atomic E-state index is -0.474. The molecule has 2 aromatic carbocycles. The van der Waals surface area contributed by atoms with Crippen molar-refractivity contribution >= 4 is 33.7 Å². The molecule has 0 aliphatic rings. The second-order valence-corrected chi connectivity index (χ2v) is 7.11. The Morgan fingerprint density at radius 2 is 2.00 bits per heavy atom. The summed E-state index contributed by atoms with van der Waals surface area (Å²) in [5.41, 5.74) is 4.13. The predicted octanol–water partition coefficient (Wildman–Crippen LogP) is 3.38. The van der Waals surface area contributed by atoms with Gasteiger partial charge in [0, 0.05) is 18.3 Å². The Kier molecular flexibility index (Phi) is 6.98. The van der Waals surface area contributed by atoms with Crippen molar-refractivity contribution in [1.82, 2.24) is 15.2 Å². The van der Waals surface area contributed by atoms with Crippen LogP contribution in [-0.2, 0) is 6.54 Å². The van der Waals surface area contributed by atoms with E-state index in [1.165, 1.54) is 32.6 Å². The van der Waals surface area contributed by atoms with Gasteiger partial charge in [0.25, 0.3) is 11.6 Å². The van der Waals surface area contributed by atoms with Crippen LogP contribution in [0.2, 0.25) is 0 Å². The second kappa shape index (κ2) is 9.85. The number of nitro benzene ring substituents is 1. The highest BCUT2D eigenvalue weighted by Gasteiger charge is 2.11. The van der Waals surface area contributed by atoms with Crippen LogP contribution < -0.4 is 14.9 Å². The van der Waals surface area contributed by atoms with E-state index in [2.05, 4.69) is 31.6 Å². The van der Waals surface area contributed by atoms with Crippen molar-refractivity contribution in [3.8, 4) is 11.5 Å². The molecule has 0 aliphatic heterocycles. The summed E-state index contributed by atoms with van der Waals surface area (Å²) >= 11 is 3.40. The summed E-state index contributed by atoms with van der Waals surface area (Å²) in [6.45, 7) is 0.369. The number of methoxy groups -OCH3 is 2. The molecule has 3 aromatic rings. The van der Waals surface area contributed by atoms with Crippen molar-refractivity contribution in [3.05, 3.63) is 80.1 Å². The average Bonchev–Trinajstić information content (AvgIpc) is 3.22. The number of halogens is 1. The number of nitro groups is 1. The number of aromatic nitrogens is 2. The van der Waals surface area contributed by atoms with Crippen LogP contribution in [0.1, 0.15) is 21.6 Å². The molecule has 1 N–H and O–H groups in total. The van der Waals surface area contributed by atoms with Crippen LogP contribution in [0, 0.1) is 10.1 Å². The first kappa shape index (κ1) is 22.0. The minimum Gasteiger partial charge on any atom is -0.493 e. The Morgan fingerprint density at radius 3 is 2.65 bits per heavy atom. The molecule has 11 heteroatoms. The number of non-ortho nitro benzene ring substituents is 1. The summed E-state index contributed by atoms with van der Waals surface area (Å²) in [7, 11) is 3.07. The fourth-order valence-electron chi connectivity index (χ4n) is 2.72. The van der Waals surface area contributed by atoms with Gasteiger partial charge in [0.05, 0.1) is 36.4 Å². The van der Waals surface area contributed by atoms with Gasteiger partial charge in [0.2, 0.25) is 0 Å². The summed E-state index contributed by atoms with van der Waals surface area (Å²) in [5.74, 6) is 0.607. The molecule has 0 aliphatic carbocycles. The highest BCUT2D eigenvalue weighted by molar-refractivity contribution is 9.10. The normalized spacial score (nSPS) is 10.8. The zero-order valence-electron chi connectivity index (χ0n) is 16.6. The molecule has 10 nitrogen and oxygen atoms in total. The lowest BCUT2D eigenvalue weighted by molar-refractivity contribution is -0.384. The maximum atomic E-state index is 12.3. The summed E-state index contributed by atoms with van der Waals surface area (Å²) in [5, 5.41) is 18.9. The number of carbonyl (C=O) groups excluding carboxylic acids is 1. The number of hydrogen-bond donors (Lipinski definition) is 1. The van der Waals surface area contributed by atoms with Crippen LogP contribution in [0.4, 0.5) is 5.69 Å². The van der Waals surface area contributed by atoms with Crippen molar-refractivity contribution in [1.29, 1.82) is 0 Å². The van der Waals surface area contributed by atoms with E-state index in [4.69, 9.17) is 9.47 Å². The van der Waals surface area contributed by atoms with E-state index in [1.807, 2.05) is 0 Å². The van der Waals surface area contributed by atoms with E-state index in [0.29, 0.717) is 28.1 Å². The molecule has 0 fully saturated rings. The summed E-state index contributed by atoms with van der Waals surface area (Å²) in [4.78, 5) is 22.5. The van der Waals surface area contributed by atoms with Crippen LogP contribution in [0.15, 0.2) is 58.2 Å². The smallest absolute Gasteiger partial charge is 0.291 e. The van der Waals surface area contributed by atoms with Crippen LogP contribution in [0.3, 0.4) is 0 Å². The lowest BCUT2D eigenvalue weighted by Gasteiger charge is -2.10. The quantitative estimate of drug-likeness (QED) is 0.295. The van der Waals surface area contributed by atoms with Crippen molar-refractivity contribution in [2.45, 2.75) is 6.54 Å². The second-order valence-electron chi connectivity index (χ2n) is 6.26. The van der Waals surface area contributed by atoms with Gasteiger partial charge in [0.1, 0.15) is 0 Å². The number of rotatable bonds is 8. The maximum Gasteiger partial charge on any atom is 0.291 e. The van der Waals surface area contributed by atoms with Crippen LogP contribution in [0.5, 0.6) is 11.5 Å². The largest absolute Gasteiger partial charge is 0.493 e. The molecule has 0 spiro atoms. The third-order valence-corrected chi connectivity index (χ3v) is 4.79. The van der Waals surface area contributed by atoms with Crippen LogP contribution >= 0.6 is 15.9 Å². The van der Waals surface area contributed by atoms with Gasteiger partial charge in [-0.3, -0.25) is 19.6 Å². The van der Waals surface area contributed by atoms with Gasteiger partial charge in [-0.25, -0.2) is 5.43 Å². The zero-order valence-corrected chi connectivity index (χ0v) is 18.2. The Bertz CT molecular complexity index is 1130. The first-order valence-electron chi connectivity index (χ1n) is 8.93. The standard InChI is InChI=1S/C20H18BrN5O5/c1-30-18-10-14(9-16(21)19(18)31-2)11-22-23-20(27)17-7-8-25(24-17)12-13-3-5-15(6-4-13)26(28)29/h3-11H,12H2,1-2H3,(H,23,27). The molecule has 0 unspecified atom stereocenters. The van der Waals surface area contributed by atoms with Crippen LogP contribution in [-0.4, -0.2) is 41.0 Å². The lowest BCUT2D eigenvalue weighted by Crippen LogP contribution is -2.18. The molecule has 3 rings (SSSR count). The van der Waals surface area contributed by atoms with E-state index >= 15 is 0 Å². The predicted molar refractivity (Wildman–Crippen MR) is 117 cm³/mol. The topological polar surface area (TPSA) is 121 Å². The summed E-state index contributed by atoms with van der Waals surface area (Å²) < 4.78 is 12.8. The Morgan fingerprint density at radius 1 is 1.26 bits per heavy atom. The van der Waals surface area contributed by atoms with E-state index in [0.717, 1.165) is 5.56 Å². The third kappa shape index (κ3) is 5.45. The van der Waals surface area contributed by atoms with Crippen LogP contribution in [0.25, 0.3) is 0 Å². The Balaban J connectivity index is 1.62. The van der Waals surface area contributed by atoms with Gasteiger partial charge < -0.3 is 9.47 Å². The summed E-state index contributed by atoms with van der Waals surface area (Å²) in [6.07, 6.45) is 3.12. The highest BCUT2D eigenvalue weighted by atomic mass is 79.9. The summed E-state index contributed by atoms with van der Waals surface area (Å²) in [6, 6.07) is 11.2. The Hall–Kier alpha value is -3.73. The van der Waals surface area contributed by atoms with Gasteiger partial charge in [-0.2, -0.15) is 10.2 Å². The molecule has 31 heavy (non-hydrogen) atoms. The van der Waals surface area contributed by atoms with Gasteiger partial charge >= 0.3 is 0 Å². The molecule has 160 valence electrons. The van der Waals surface area contributed by atoms with Gasteiger partial charge in [-0.1, -0.05) is 12.1 Å². The van der Waals surface area contributed by atoms with Crippen molar-refractivity contribution < 1.29 is 19.2 Å². The first-order chi connectivity index (χ1) is 14.9. The molecule has 0 saturated heterocycles. The number of nitrogens with one attached hydrogen (secondary N) is 1. The molecule has 0 radical (unpaired) electrons. The first-order valence-corrected chi connectivity index (χ1v) is 9.72. The highest BCUT2D eigenvalue weighted by Crippen LogP contribution is 2.35. The maximum absolute atomic E-state index is 12.3. The molecular weight excluding hydrogens is 470 g/mol. The average molecular weight is 488 g/mol. The fourth-order valence-corrected chi connectivity index (χ4v) is 3.34. The number of hydrazone groups is 1. The van der Waals surface area contributed by atoms with Gasteiger partial charge in [0.15, 0.2) is 17.2 Å². The number of amides is 1. The van der Waals surface area contributed by atoms with E-state index in [-0.39, 0.29) is 11.4 Å². The van der Waals surface area contributed by atoms with E-state index in [1.54, 1.807) is 41.2 Å².